The van der Waals surface area contributed by atoms with Crippen LogP contribution in [0.1, 0.15) is 34.1 Å². The van der Waals surface area contributed by atoms with Crippen molar-refractivity contribution in [2.45, 2.75) is 45.8 Å². The van der Waals surface area contributed by atoms with E-state index in [2.05, 4.69) is 0 Å². The normalized spacial score (nSPS) is 21.3. The maximum atomic E-state index is 12.4. The summed E-state index contributed by atoms with van der Waals surface area (Å²) < 4.78 is 10.6. The van der Waals surface area contributed by atoms with Gasteiger partial charge in [0.05, 0.1) is 13.0 Å². The molecule has 1 amide bonds. The Bertz CT molecular complexity index is 559. The van der Waals surface area contributed by atoms with Crippen molar-refractivity contribution >= 4 is 17.6 Å². The zero-order valence-corrected chi connectivity index (χ0v) is 13.8. The second-order valence-corrected chi connectivity index (χ2v) is 6.40. The topological polar surface area (TPSA) is 55.8 Å². The van der Waals surface area contributed by atoms with Gasteiger partial charge in [-0.1, -0.05) is 6.92 Å². The predicted molar refractivity (Wildman–Crippen MR) is 83.9 cm³/mol. The molecule has 0 saturated carbocycles. The van der Waals surface area contributed by atoms with Crippen LogP contribution in [-0.2, 0) is 14.3 Å². The van der Waals surface area contributed by atoms with E-state index in [4.69, 9.17) is 9.47 Å². The van der Waals surface area contributed by atoms with Gasteiger partial charge in [-0.2, -0.15) is 0 Å². The van der Waals surface area contributed by atoms with Crippen molar-refractivity contribution < 1.29 is 19.1 Å². The van der Waals surface area contributed by atoms with Crippen molar-refractivity contribution in [3.8, 4) is 5.75 Å². The number of methoxy groups -OCH3 is 1. The molecule has 0 bridgehead atoms. The van der Waals surface area contributed by atoms with Crippen LogP contribution in [0.5, 0.6) is 5.75 Å². The largest absolute Gasteiger partial charge is 0.497 e. The first-order valence-corrected chi connectivity index (χ1v) is 7.48. The lowest BCUT2D eigenvalue weighted by Gasteiger charge is -2.45. The van der Waals surface area contributed by atoms with Gasteiger partial charge in [0.25, 0.3) is 0 Å². The van der Waals surface area contributed by atoms with E-state index in [1.165, 1.54) is 4.90 Å². The number of nitrogens with zero attached hydrogens (tertiary/aromatic N) is 1. The van der Waals surface area contributed by atoms with Crippen molar-refractivity contribution in [2.24, 2.45) is 5.92 Å². The number of carbonyl (C=O) groups excluding carboxylic acids is 2. The summed E-state index contributed by atoms with van der Waals surface area (Å²) in [5, 5.41) is 0. The van der Waals surface area contributed by atoms with Gasteiger partial charge in [-0.15, -0.1) is 0 Å². The third-order valence-corrected chi connectivity index (χ3v) is 3.65. The highest BCUT2D eigenvalue weighted by atomic mass is 16.6. The summed E-state index contributed by atoms with van der Waals surface area (Å²) in [6, 6.07) is 6.55. The lowest BCUT2D eigenvalue weighted by atomic mass is 9.84. The molecule has 1 aromatic rings. The highest BCUT2D eigenvalue weighted by molar-refractivity contribution is 6.10. The van der Waals surface area contributed by atoms with E-state index in [1.807, 2.05) is 27.7 Å². The molecule has 0 N–H and O–H groups in total. The number of hydrogen-bond acceptors (Lipinski definition) is 4. The third kappa shape index (κ3) is 3.08. The second kappa shape index (κ2) is 5.99. The molecule has 2 rings (SSSR count). The number of rotatable bonds is 4. The molecule has 1 aliphatic rings. The van der Waals surface area contributed by atoms with E-state index in [9.17, 15) is 9.59 Å². The summed E-state index contributed by atoms with van der Waals surface area (Å²) in [5.41, 5.74) is 0.117. The molecule has 0 unspecified atom stereocenters. The first-order chi connectivity index (χ1) is 10.3. The monoisotopic (exact) mass is 305 g/mol. The number of hydrogen-bond donors (Lipinski definition) is 0. The average Bonchev–Trinajstić information content (AvgIpc) is 2.44. The van der Waals surface area contributed by atoms with Crippen LogP contribution in [0.15, 0.2) is 24.3 Å². The first kappa shape index (κ1) is 16.3. The van der Waals surface area contributed by atoms with Crippen LogP contribution in [0.25, 0.3) is 0 Å². The molecule has 5 heteroatoms. The summed E-state index contributed by atoms with van der Waals surface area (Å²) in [7, 11) is 1.58. The molecule has 1 aromatic carbocycles. The number of amides is 1. The van der Waals surface area contributed by atoms with E-state index in [0.29, 0.717) is 17.9 Å². The standard InChI is InChI=1S/C17H23NO4/c1-6-13-14(16(20)22-17(2,3)4)18(15(13)19)11-7-9-12(21-5)10-8-11/h7-10,13-14H,6H2,1-5H3/t13-,14-/m0/s1. The van der Waals surface area contributed by atoms with Crippen molar-refractivity contribution in [1.82, 2.24) is 0 Å². The molecule has 2 atom stereocenters. The summed E-state index contributed by atoms with van der Waals surface area (Å²) in [5.74, 6) is 0.00725. The Morgan fingerprint density at radius 3 is 2.27 bits per heavy atom. The Kier molecular flexibility index (Phi) is 4.44. The molecule has 1 heterocycles. The lowest BCUT2D eigenvalue weighted by Crippen LogP contribution is -2.65. The van der Waals surface area contributed by atoms with E-state index >= 15 is 0 Å². The first-order valence-electron chi connectivity index (χ1n) is 7.48. The van der Waals surface area contributed by atoms with Crippen LogP contribution in [-0.4, -0.2) is 30.6 Å². The number of benzene rings is 1. The Balaban J connectivity index is 2.24. The van der Waals surface area contributed by atoms with Crippen molar-refractivity contribution in [3.63, 3.8) is 0 Å². The summed E-state index contributed by atoms with van der Waals surface area (Å²) in [6.45, 7) is 7.38. The summed E-state index contributed by atoms with van der Waals surface area (Å²) in [6.07, 6.45) is 0.620. The molecule has 0 aromatic heterocycles. The smallest absolute Gasteiger partial charge is 0.330 e. The maximum Gasteiger partial charge on any atom is 0.330 e. The average molecular weight is 305 g/mol. The quantitative estimate of drug-likeness (QED) is 0.634. The van der Waals surface area contributed by atoms with E-state index in [0.717, 1.165) is 0 Å². The van der Waals surface area contributed by atoms with Crippen molar-refractivity contribution in [2.75, 3.05) is 12.0 Å². The highest BCUT2D eigenvalue weighted by Crippen LogP contribution is 2.36. The van der Waals surface area contributed by atoms with Crippen LogP contribution >= 0.6 is 0 Å². The van der Waals surface area contributed by atoms with Crippen LogP contribution in [0.3, 0.4) is 0 Å². The molecule has 1 saturated heterocycles. The number of β-lactam (4-membered cyclic amide) rings is 1. The Labute approximate surface area is 131 Å². The zero-order chi connectivity index (χ0) is 16.5. The Morgan fingerprint density at radius 1 is 1.23 bits per heavy atom. The molecule has 0 aliphatic carbocycles. The summed E-state index contributed by atoms with van der Waals surface area (Å²) in [4.78, 5) is 26.3. The van der Waals surface area contributed by atoms with E-state index < -0.39 is 11.6 Å². The number of esters is 1. The molecule has 120 valence electrons. The molecule has 1 fully saturated rings. The van der Waals surface area contributed by atoms with Gasteiger partial charge in [-0.25, -0.2) is 4.79 Å². The van der Waals surface area contributed by atoms with Gasteiger partial charge < -0.3 is 9.47 Å². The van der Waals surface area contributed by atoms with E-state index in [-0.39, 0.29) is 17.8 Å². The Hall–Kier alpha value is -2.04. The van der Waals surface area contributed by atoms with E-state index in [1.54, 1.807) is 31.4 Å². The van der Waals surface area contributed by atoms with Crippen molar-refractivity contribution in [1.29, 1.82) is 0 Å². The minimum atomic E-state index is -0.570. The maximum absolute atomic E-state index is 12.4. The van der Waals surface area contributed by atoms with Gasteiger partial charge in [-0.3, -0.25) is 9.69 Å². The van der Waals surface area contributed by atoms with Crippen LogP contribution in [0, 0.1) is 5.92 Å². The van der Waals surface area contributed by atoms with Crippen LogP contribution in [0.4, 0.5) is 5.69 Å². The van der Waals surface area contributed by atoms with Crippen LogP contribution < -0.4 is 9.64 Å². The molecule has 5 nitrogen and oxygen atoms in total. The van der Waals surface area contributed by atoms with Crippen molar-refractivity contribution in [3.05, 3.63) is 24.3 Å². The fourth-order valence-electron chi connectivity index (χ4n) is 2.61. The van der Waals surface area contributed by atoms with Gasteiger partial charge in [0, 0.05) is 5.69 Å². The molecule has 0 radical (unpaired) electrons. The van der Waals surface area contributed by atoms with Gasteiger partial charge >= 0.3 is 5.97 Å². The molecular formula is C17H23NO4. The van der Waals surface area contributed by atoms with Gasteiger partial charge in [-0.05, 0) is 51.5 Å². The molecular weight excluding hydrogens is 282 g/mol. The van der Waals surface area contributed by atoms with Gasteiger partial charge in [0.1, 0.15) is 17.4 Å². The highest BCUT2D eigenvalue weighted by Gasteiger charge is 2.52. The minimum absolute atomic E-state index is 0.0384. The number of anilines is 1. The molecule has 1 aliphatic heterocycles. The minimum Gasteiger partial charge on any atom is -0.497 e. The predicted octanol–water partition coefficient (Wildman–Crippen LogP) is 2.78. The van der Waals surface area contributed by atoms with Gasteiger partial charge in [0.2, 0.25) is 5.91 Å². The van der Waals surface area contributed by atoms with Gasteiger partial charge in [0.15, 0.2) is 0 Å². The number of ether oxygens (including phenoxy) is 2. The van der Waals surface area contributed by atoms with Crippen LogP contribution in [0.2, 0.25) is 0 Å². The lowest BCUT2D eigenvalue weighted by molar-refractivity contribution is -0.164. The third-order valence-electron chi connectivity index (χ3n) is 3.65. The summed E-state index contributed by atoms with van der Waals surface area (Å²) >= 11 is 0. The Morgan fingerprint density at radius 2 is 1.82 bits per heavy atom. The zero-order valence-electron chi connectivity index (χ0n) is 13.8. The fraction of sp³-hybridized carbons (Fsp3) is 0.529. The molecule has 22 heavy (non-hydrogen) atoms. The SMILES string of the molecule is CC[C@@H]1C(=O)N(c2ccc(OC)cc2)[C@@H]1C(=O)OC(C)(C)C. The second-order valence-electron chi connectivity index (χ2n) is 6.40. The fourth-order valence-corrected chi connectivity index (χ4v) is 2.61. The number of carbonyl (C=O) groups is 2. The molecule has 0 spiro atoms.